The minimum Gasteiger partial charge on any atom is -0.300 e. The Labute approximate surface area is 97.8 Å². The maximum absolute atomic E-state index is 11.8. The second-order valence-electron chi connectivity index (χ2n) is 6.10. The monoisotopic (exact) mass is 222 g/mol. The first kappa shape index (κ1) is 11.8. The summed E-state index contributed by atoms with van der Waals surface area (Å²) >= 11 is 0. The Morgan fingerprint density at radius 1 is 1.38 bits per heavy atom. The molecule has 0 aromatic rings. The molecule has 2 rings (SSSR count). The zero-order chi connectivity index (χ0) is 11.9. The van der Waals surface area contributed by atoms with E-state index in [1.54, 1.807) is 6.92 Å². The molecule has 2 fully saturated rings. The minimum absolute atomic E-state index is 0.167. The summed E-state index contributed by atoms with van der Waals surface area (Å²) in [5.41, 5.74) is 0.319. The molecule has 0 bridgehead atoms. The lowest BCUT2D eigenvalue weighted by Crippen LogP contribution is -2.45. The number of ketones is 2. The van der Waals surface area contributed by atoms with Gasteiger partial charge in [-0.05, 0) is 43.9 Å². The molecule has 2 saturated carbocycles. The largest absolute Gasteiger partial charge is 0.300 e. The number of Topliss-reactive ketones (excluding diaryl/α,β-unsaturated/α-hetero) is 2. The molecule has 0 N–H and O–H groups in total. The number of carbonyl (C=O) groups is 2. The third kappa shape index (κ3) is 1.83. The Hall–Kier alpha value is -0.660. The van der Waals surface area contributed by atoms with Crippen molar-refractivity contribution in [2.45, 2.75) is 52.9 Å². The van der Waals surface area contributed by atoms with Gasteiger partial charge in [0, 0.05) is 18.3 Å². The first-order chi connectivity index (χ1) is 7.44. The van der Waals surface area contributed by atoms with Gasteiger partial charge in [0.05, 0.1) is 0 Å². The molecule has 16 heavy (non-hydrogen) atoms. The Kier molecular flexibility index (Phi) is 2.93. The van der Waals surface area contributed by atoms with Crippen LogP contribution in [-0.2, 0) is 9.59 Å². The molecule has 2 aliphatic carbocycles. The van der Waals surface area contributed by atoms with Crippen LogP contribution in [0, 0.1) is 23.2 Å². The van der Waals surface area contributed by atoms with Crippen LogP contribution in [0.4, 0.5) is 0 Å². The molecule has 0 heterocycles. The van der Waals surface area contributed by atoms with Gasteiger partial charge in [0.1, 0.15) is 11.6 Å². The Balaban J connectivity index is 2.18. The van der Waals surface area contributed by atoms with Gasteiger partial charge in [0.25, 0.3) is 0 Å². The van der Waals surface area contributed by atoms with Crippen LogP contribution in [0.2, 0.25) is 0 Å². The van der Waals surface area contributed by atoms with Crippen LogP contribution < -0.4 is 0 Å². The highest BCUT2D eigenvalue weighted by Crippen LogP contribution is 2.52. The van der Waals surface area contributed by atoms with Crippen LogP contribution in [0.15, 0.2) is 0 Å². The standard InChI is InChI=1S/C14H22O2/c1-9-12-8-11(10(2)15)4-6-14(12,3)7-5-13(9)16/h9,11-12H,4-8H2,1-3H3/t9-,11-,12-,14-/m1/s1. The van der Waals surface area contributed by atoms with Gasteiger partial charge in [0.2, 0.25) is 0 Å². The number of rotatable bonds is 1. The van der Waals surface area contributed by atoms with Crippen molar-refractivity contribution in [3.63, 3.8) is 0 Å². The van der Waals surface area contributed by atoms with Crippen molar-refractivity contribution in [2.24, 2.45) is 23.2 Å². The zero-order valence-corrected chi connectivity index (χ0v) is 10.6. The van der Waals surface area contributed by atoms with Crippen LogP contribution in [0.1, 0.15) is 52.9 Å². The predicted molar refractivity (Wildman–Crippen MR) is 63.0 cm³/mol. The normalized spacial score (nSPS) is 43.9. The van der Waals surface area contributed by atoms with Crippen molar-refractivity contribution >= 4 is 11.6 Å². The molecule has 0 unspecified atom stereocenters. The molecule has 0 spiro atoms. The molecular formula is C14H22O2. The summed E-state index contributed by atoms with van der Waals surface area (Å²) in [6.45, 7) is 6.08. The van der Waals surface area contributed by atoms with Crippen LogP contribution >= 0.6 is 0 Å². The molecule has 0 aromatic heterocycles. The van der Waals surface area contributed by atoms with Crippen molar-refractivity contribution in [3.05, 3.63) is 0 Å². The summed E-state index contributed by atoms with van der Waals surface area (Å²) in [6.07, 6.45) is 4.88. The smallest absolute Gasteiger partial charge is 0.136 e. The summed E-state index contributed by atoms with van der Waals surface area (Å²) in [5, 5.41) is 0. The fraction of sp³-hybridized carbons (Fsp3) is 0.857. The van der Waals surface area contributed by atoms with E-state index >= 15 is 0 Å². The van der Waals surface area contributed by atoms with Gasteiger partial charge in [-0.1, -0.05) is 13.8 Å². The second kappa shape index (κ2) is 3.97. The van der Waals surface area contributed by atoms with E-state index in [-0.39, 0.29) is 11.8 Å². The van der Waals surface area contributed by atoms with E-state index in [1.807, 2.05) is 0 Å². The van der Waals surface area contributed by atoms with Gasteiger partial charge in [0.15, 0.2) is 0 Å². The highest BCUT2D eigenvalue weighted by Gasteiger charge is 2.47. The number of hydrogen-bond donors (Lipinski definition) is 0. The van der Waals surface area contributed by atoms with Gasteiger partial charge in [-0.25, -0.2) is 0 Å². The topological polar surface area (TPSA) is 34.1 Å². The second-order valence-corrected chi connectivity index (χ2v) is 6.10. The molecule has 4 atom stereocenters. The summed E-state index contributed by atoms with van der Waals surface area (Å²) in [5.74, 6) is 1.54. The van der Waals surface area contributed by atoms with Crippen molar-refractivity contribution in [1.82, 2.24) is 0 Å². The third-order valence-corrected chi connectivity index (χ3v) is 5.13. The van der Waals surface area contributed by atoms with E-state index in [1.165, 1.54) is 0 Å². The molecular weight excluding hydrogens is 200 g/mol. The Morgan fingerprint density at radius 3 is 2.69 bits per heavy atom. The maximum atomic E-state index is 11.8. The van der Waals surface area contributed by atoms with Gasteiger partial charge in [-0.15, -0.1) is 0 Å². The fourth-order valence-corrected chi connectivity index (χ4v) is 3.75. The van der Waals surface area contributed by atoms with Crippen LogP contribution in [0.3, 0.4) is 0 Å². The number of fused-ring (bicyclic) bond motifs is 1. The van der Waals surface area contributed by atoms with Crippen LogP contribution in [0.5, 0.6) is 0 Å². The average molecular weight is 222 g/mol. The molecule has 0 aromatic carbocycles. The van der Waals surface area contributed by atoms with Crippen molar-refractivity contribution in [2.75, 3.05) is 0 Å². The molecule has 0 saturated heterocycles. The van der Waals surface area contributed by atoms with E-state index in [9.17, 15) is 9.59 Å². The first-order valence-corrected chi connectivity index (χ1v) is 6.47. The fourth-order valence-electron chi connectivity index (χ4n) is 3.75. The summed E-state index contributed by atoms with van der Waals surface area (Å²) < 4.78 is 0. The molecule has 2 nitrogen and oxygen atoms in total. The third-order valence-electron chi connectivity index (χ3n) is 5.13. The first-order valence-electron chi connectivity index (χ1n) is 6.47. The van der Waals surface area contributed by atoms with Crippen molar-refractivity contribution in [1.29, 1.82) is 0 Å². The van der Waals surface area contributed by atoms with Gasteiger partial charge >= 0.3 is 0 Å². The zero-order valence-electron chi connectivity index (χ0n) is 10.6. The van der Waals surface area contributed by atoms with E-state index in [0.29, 0.717) is 22.9 Å². The van der Waals surface area contributed by atoms with E-state index in [2.05, 4.69) is 13.8 Å². The highest BCUT2D eigenvalue weighted by atomic mass is 16.1. The molecule has 0 aliphatic heterocycles. The van der Waals surface area contributed by atoms with Crippen molar-refractivity contribution in [3.8, 4) is 0 Å². The molecule has 90 valence electrons. The van der Waals surface area contributed by atoms with Crippen molar-refractivity contribution < 1.29 is 9.59 Å². The predicted octanol–water partition coefficient (Wildman–Crippen LogP) is 3.00. The average Bonchev–Trinajstić information content (AvgIpc) is 2.24. The minimum atomic E-state index is 0.167. The highest BCUT2D eigenvalue weighted by molar-refractivity contribution is 5.82. The molecule has 0 radical (unpaired) electrons. The van der Waals surface area contributed by atoms with Crippen LogP contribution in [0.25, 0.3) is 0 Å². The number of hydrogen-bond acceptors (Lipinski definition) is 2. The Morgan fingerprint density at radius 2 is 2.06 bits per heavy atom. The molecule has 2 heteroatoms. The molecule has 2 aliphatic rings. The van der Waals surface area contributed by atoms with Gasteiger partial charge in [-0.2, -0.15) is 0 Å². The lowest BCUT2D eigenvalue weighted by Gasteiger charge is -2.49. The van der Waals surface area contributed by atoms with E-state index in [0.717, 1.165) is 32.1 Å². The van der Waals surface area contributed by atoms with Gasteiger partial charge < -0.3 is 0 Å². The lowest BCUT2D eigenvalue weighted by atomic mass is 9.54. The quantitative estimate of drug-likeness (QED) is 0.683. The Bertz CT molecular complexity index is 321. The van der Waals surface area contributed by atoms with E-state index < -0.39 is 0 Å². The summed E-state index contributed by atoms with van der Waals surface area (Å²) in [7, 11) is 0. The summed E-state index contributed by atoms with van der Waals surface area (Å²) in [4.78, 5) is 23.3. The van der Waals surface area contributed by atoms with Crippen LogP contribution in [-0.4, -0.2) is 11.6 Å². The maximum Gasteiger partial charge on any atom is 0.136 e. The number of carbonyl (C=O) groups excluding carboxylic acids is 2. The molecule has 0 amide bonds. The van der Waals surface area contributed by atoms with E-state index in [4.69, 9.17) is 0 Å². The SMILES string of the molecule is CC(=O)[C@@H]1CC[C@]2(C)CCC(=O)[C@H](C)[C@H]2C1. The lowest BCUT2D eigenvalue weighted by molar-refractivity contribution is -0.136. The summed E-state index contributed by atoms with van der Waals surface area (Å²) in [6, 6.07) is 0. The van der Waals surface area contributed by atoms with Gasteiger partial charge in [-0.3, -0.25) is 9.59 Å².